The first-order valence-electron chi connectivity index (χ1n) is 9.38. The minimum Gasteiger partial charge on any atom is -0.465 e. The van der Waals surface area contributed by atoms with Crippen LogP contribution in [-0.4, -0.2) is 18.6 Å². The van der Waals surface area contributed by atoms with Crippen molar-refractivity contribution in [1.82, 2.24) is 10.6 Å². The summed E-state index contributed by atoms with van der Waals surface area (Å²) >= 11 is 0. The van der Waals surface area contributed by atoms with Crippen LogP contribution in [0.5, 0.6) is 11.5 Å². The van der Waals surface area contributed by atoms with Crippen molar-refractivity contribution < 1.29 is 23.5 Å². The van der Waals surface area contributed by atoms with Crippen LogP contribution in [0.1, 0.15) is 27.2 Å². The van der Waals surface area contributed by atoms with Crippen molar-refractivity contribution in [1.29, 1.82) is 0 Å². The predicted octanol–water partition coefficient (Wildman–Crippen LogP) is 3.40. The molecule has 152 valence electrons. The van der Waals surface area contributed by atoms with Crippen LogP contribution >= 0.6 is 0 Å². The van der Waals surface area contributed by atoms with Gasteiger partial charge in [0, 0.05) is 18.2 Å². The Labute approximate surface area is 173 Å². The predicted molar refractivity (Wildman–Crippen MR) is 110 cm³/mol. The Kier molecular flexibility index (Phi) is 5.52. The van der Waals surface area contributed by atoms with E-state index in [0.717, 1.165) is 11.1 Å². The fourth-order valence-corrected chi connectivity index (χ4v) is 2.90. The van der Waals surface area contributed by atoms with Gasteiger partial charge in [-0.15, -0.1) is 0 Å². The van der Waals surface area contributed by atoms with E-state index in [2.05, 4.69) is 10.6 Å². The molecule has 1 aromatic heterocycles. The Hall–Kier alpha value is -4.00. The lowest BCUT2D eigenvalue weighted by atomic mass is 10.1. The van der Waals surface area contributed by atoms with Crippen molar-refractivity contribution in [2.75, 3.05) is 6.79 Å². The molecule has 7 heteroatoms. The summed E-state index contributed by atoms with van der Waals surface area (Å²) in [5.74, 6) is 0.942. The highest BCUT2D eigenvalue weighted by molar-refractivity contribution is 6.05. The number of hydrogen-bond acceptors (Lipinski definition) is 5. The van der Waals surface area contributed by atoms with Crippen LogP contribution in [0.25, 0.3) is 6.08 Å². The Morgan fingerprint density at radius 1 is 1.03 bits per heavy atom. The molecule has 0 spiro atoms. The normalized spacial score (nSPS) is 12.5. The number of ether oxygens (including phenoxy) is 2. The molecule has 2 amide bonds. The Morgan fingerprint density at radius 3 is 2.60 bits per heavy atom. The second kappa shape index (κ2) is 8.57. The molecule has 4 rings (SSSR count). The molecule has 0 radical (unpaired) electrons. The average Bonchev–Trinajstić information content (AvgIpc) is 3.43. The van der Waals surface area contributed by atoms with Crippen LogP contribution < -0.4 is 20.1 Å². The molecule has 2 aromatic carbocycles. The highest BCUT2D eigenvalue weighted by atomic mass is 16.7. The van der Waals surface area contributed by atoms with Crippen molar-refractivity contribution in [2.45, 2.75) is 13.5 Å². The van der Waals surface area contributed by atoms with E-state index in [-0.39, 0.29) is 24.9 Å². The molecule has 3 aromatic rings. The molecule has 0 saturated heterocycles. The minimum absolute atomic E-state index is 0.0799. The number of carbonyl (C=O) groups is 2. The number of hydrogen-bond donors (Lipinski definition) is 2. The Balaban J connectivity index is 1.48. The third-order valence-corrected chi connectivity index (χ3v) is 4.53. The molecule has 1 aliphatic rings. The molecular formula is C23H20N2O5. The summed E-state index contributed by atoms with van der Waals surface area (Å²) in [4.78, 5) is 25.4. The van der Waals surface area contributed by atoms with Gasteiger partial charge in [0.25, 0.3) is 11.8 Å². The Bertz CT molecular complexity index is 1090. The van der Waals surface area contributed by atoms with Gasteiger partial charge in [0.2, 0.25) is 6.79 Å². The zero-order chi connectivity index (χ0) is 20.9. The van der Waals surface area contributed by atoms with Gasteiger partial charge < -0.3 is 24.5 Å². The van der Waals surface area contributed by atoms with Gasteiger partial charge in [0.1, 0.15) is 11.5 Å². The Morgan fingerprint density at radius 2 is 1.83 bits per heavy atom. The number of carbonyl (C=O) groups excluding carboxylic acids is 2. The molecule has 30 heavy (non-hydrogen) atoms. The first-order valence-corrected chi connectivity index (χ1v) is 9.38. The number of furan rings is 1. The number of aryl methyl sites for hydroxylation is 1. The lowest BCUT2D eigenvalue weighted by Crippen LogP contribution is -2.34. The number of amides is 2. The third-order valence-electron chi connectivity index (χ3n) is 4.53. The number of benzene rings is 2. The second-order valence-corrected chi connectivity index (χ2v) is 6.76. The van der Waals surface area contributed by atoms with Crippen LogP contribution in [-0.2, 0) is 11.3 Å². The van der Waals surface area contributed by atoms with E-state index < -0.39 is 5.91 Å². The van der Waals surface area contributed by atoms with Gasteiger partial charge >= 0.3 is 0 Å². The summed E-state index contributed by atoms with van der Waals surface area (Å²) < 4.78 is 15.9. The first kappa shape index (κ1) is 19.3. The second-order valence-electron chi connectivity index (χ2n) is 6.76. The number of nitrogens with one attached hydrogen (secondary N) is 2. The smallest absolute Gasteiger partial charge is 0.268 e. The molecule has 2 N–H and O–H groups in total. The molecule has 0 fully saturated rings. The average molecular weight is 404 g/mol. The van der Waals surface area contributed by atoms with Crippen LogP contribution in [0, 0.1) is 6.92 Å². The van der Waals surface area contributed by atoms with Crippen molar-refractivity contribution >= 4 is 17.9 Å². The van der Waals surface area contributed by atoms with Crippen LogP contribution in [0.4, 0.5) is 0 Å². The van der Waals surface area contributed by atoms with Gasteiger partial charge in [-0.1, -0.05) is 23.8 Å². The van der Waals surface area contributed by atoms with E-state index in [1.54, 1.807) is 30.3 Å². The zero-order valence-electron chi connectivity index (χ0n) is 16.3. The van der Waals surface area contributed by atoms with E-state index in [1.807, 2.05) is 31.2 Å². The standard InChI is InChI=1S/C23H20N2O5/c1-15-4-7-17(8-5-15)22(26)25-19(12-18-3-2-10-28-18)23(27)24-13-16-6-9-20-21(11-16)30-14-29-20/h2-12H,13-14H2,1H3,(H,24,27)(H,25,26)/b19-12-. The zero-order valence-corrected chi connectivity index (χ0v) is 16.3. The molecule has 0 bridgehead atoms. The number of rotatable bonds is 6. The lowest BCUT2D eigenvalue weighted by molar-refractivity contribution is -0.117. The van der Waals surface area contributed by atoms with E-state index >= 15 is 0 Å². The van der Waals surface area contributed by atoms with E-state index in [1.165, 1.54) is 12.3 Å². The number of fused-ring (bicyclic) bond motifs is 1. The molecule has 0 saturated carbocycles. The topological polar surface area (TPSA) is 89.8 Å². The van der Waals surface area contributed by atoms with Gasteiger partial charge in [-0.05, 0) is 48.9 Å². The van der Waals surface area contributed by atoms with Crippen molar-refractivity contribution in [3.8, 4) is 11.5 Å². The van der Waals surface area contributed by atoms with E-state index in [9.17, 15) is 9.59 Å². The molecule has 1 aliphatic heterocycles. The maximum atomic E-state index is 12.8. The monoisotopic (exact) mass is 404 g/mol. The molecule has 0 aliphatic carbocycles. The quantitative estimate of drug-likeness (QED) is 0.615. The van der Waals surface area contributed by atoms with Crippen LogP contribution in [0.2, 0.25) is 0 Å². The summed E-state index contributed by atoms with van der Waals surface area (Å²) in [5, 5.41) is 5.48. The summed E-state index contributed by atoms with van der Waals surface area (Å²) in [6.07, 6.45) is 2.98. The van der Waals surface area contributed by atoms with Gasteiger partial charge in [0.05, 0.1) is 6.26 Å². The first-order chi connectivity index (χ1) is 14.6. The van der Waals surface area contributed by atoms with Gasteiger partial charge in [0.15, 0.2) is 11.5 Å². The highest BCUT2D eigenvalue weighted by Crippen LogP contribution is 2.32. The third kappa shape index (κ3) is 4.52. The van der Waals surface area contributed by atoms with Crippen molar-refractivity contribution in [3.05, 3.63) is 89.0 Å². The largest absolute Gasteiger partial charge is 0.465 e. The molecule has 2 heterocycles. The van der Waals surface area contributed by atoms with Crippen molar-refractivity contribution in [3.63, 3.8) is 0 Å². The maximum Gasteiger partial charge on any atom is 0.268 e. The summed E-state index contributed by atoms with van der Waals surface area (Å²) in [7, 11) is 0. The fraction of sp³-hybridized carbons (Fsp3) is 0.130. The minimum atomic E-state index is -0.440. The summed E-state index contributed by atoms with van der Waals surface area (Å²) in [5.41, 5.74) is 2.42. The van der Waals surface area contributed by atoms with Gasteiger partial charge in [-0.3, -0.25) is 9.59 Å². The van der Waals surface area contributed by atoms with Crippen LogP contribution in [0.3, 0.4) is 0 Å². The molecular weight excluding hydrogens is 384 g/mol. The SMILES string of the molecule is Cc1ccc(C(=O)N/C(=C\c2ccco2)C(=O)NCc2ccc3c(c2)OCO3)cc1. The van der Waals surface area contributed by atoms with Crippen LogP contribution in [0.15, 0.2) is 71.0 Å². The molecule has 0 unspecified atom stereocenters. The lowest BCUT2D eigenvalue weighted by Gasteiger charge is -2.11. The van der Waals surface area contributed by atoms with Crippen molar-refractivity contribution in [2.24, 2.45) is 0 Å². The highest BCUT2D eigenvalue weighted by Gasteiger charge is 2.17. The summed E-state index contributed by atoms with van der Waals surface area (Å²) in [6, 6.07) is 15.9. The van der Waals surface area contributed by atoms with Gasteiger partial charge in [-0.2, -0.15) is 0 Å². The van der Waals surface area contributed by atoms with E-state index in [4.69, 9.17) is 13.9 Å². The maximum absolute atomic E-state index is 12.8. The summed E-state index contributed by atoms with van der Waals surface area (Å²) in [6.45, 7) is 2.38. The molecule has 0 atom stereocenters. The van der Waals surface area contributed by atoms with E-state index in [0.29, 0.717) is 22.8 Å². The van der Waals surface area contributed by atoms with Gasteiger partial charge in [-0.25, -0.2) is 0 Å². The molecule has 7 nitrogen and oxygen atoms in total. The fourth-order valence-electron chi connectivity index (χ4n) is 2.90.